The number of benzene rings is 2. The van der Waals surface area contributed by atoms with E-state index in [1.807, 2.05) is 42.3 Å². The zero-order valence-corrected chi connectivity index (χ0v) is 19.4. The van der Waals surface area contributed by atoms with Gasteiger partial charge in [0.05, 0.1) is 17.4 Å². The first-order valence-corrected chi connectivity index (χ1v) is 11.4. The van der Waals surface area contributed by atoms with Crippen molar-refractivity contribution in [2.24, 2.45) is 0 Å². The van der Waals surface area contributed by atoms with Crippen molar-refractivity contribution in [3.63, 3.8) is 0 Å². The first kappa shape index (κ1) is 21.5. The summed E-state index contributed by atoms with van der Waals surface area (Å²) in [6.45, 7) is 5.53. The van der Waals surface area contributed by atoms with Crippen molar-refractivity contribution >= 4 is 46.3 Å². The molecule has 1 aromatic heterocycles. The molecule has 0 spiro atoms. The number of hydrogen-bond donors (Lipinski definition) is 2. The molecule has 8 nitrogen and oxygen atoms in total. The highest BCUT2D eigenvalue weighted by Crippen LogP contribution is 2.32. The van der Waals surface area contributed by atoms with Crippen LogP contribution in [0.25, 0.3) is 0 Å². The number of rotatable bonds is 4. The molecule has 1 fully saturated rings. The van der Waals surface area contributed by atoms with E-state index in [0.717, 1.165) is 25.3 Å². The van der Waals surface area contributed by atoms with E-state index >= 15 is 0 Å². The number of piperazine rings is 1. The molecule has 9 heteroatoms. The van der Waals surface area contributed by atoms with E-state index < -0.39 is 0 Å². The van der Waals surface area contributed by atoms with Crippen LogP contribution < -0.4 is 25.3 Å². The highest BCUT2D eigenvalue weighted by molar-refractivity contribution is 6.34. The molecule has 5 rings (SSSR count). The number of amides is 1. The van der Waals surface area contributed by atoms with Gasteiger partial charge in [0.15, 0.2) is 0 Å². The van der Waals surface area contributed by atoms with Gasteiger partial charge in [-0.15, -0.1) is 0 Å². The fraction of sp³-hybridized carbons (Fsp3) is 0.292. The highest BCUT2D eigenvalue weighted by Gasteiger charge is 2.31. The Hall–Kier alpha value is -3.36. The molecule has 1 atom stereocenters. The van der Waals surface area contributed by atoms with Crippen LogP contribution in [0.5, 0.6) is 0 Å². The molecule has 1 amide bonds. The zero-order valence-electron chi connectivity index (χ0n) is 18.6. The van der Waals surface area contributed by atoms with Crippen LogP contribution in [-0.2, 0) is 0 Å². The third-order valence-corrected chi connectivity index (χ3v) is 6.28. The second kappa shape index (κ2) is 8.88. The third kappa shape index (κ3) is 4.31. The summed E-state index contributed by atoms with van der Waals surface area (Å²) in [6, 6.07) is 16.1. The van der Waals surface area contributed by atoms with Crippen molar-refractivity contribution in [1.82, 2.24) is 15.3 Å². The second-order valence-corrected chi connectivity index (χ2v) is 8.84. The van der Waals surface area contributed by atoms with Gasteiger partial charge in [0.2, 0.25) is 5.95 Å². The van der Waals surface area contributed by atoms with E-state index in [1.54, 1.807) is 17.2 Å². The Morgan fingerprint density at radius 2 is 1.94 bits per heavy atom. The highest BCUT2D eigenvalue weighted by atomic mass is 35.5. The van der Waals surface area contributed by atoms with Crippen LogP contribution >= 0.6 is 11.6 Å². The number of anilines is 5. The monoisotopic (exact) mass is 463 g/mol. The minimum Gasteiger partial charge on any atom is -0.369 e. The summed E-state index contributed by atoms with van der Waals surface area (Å²) in [7, 11) is 1.90. The van der Waals surface area contributed by atoms with E-state index in [0.29, 0.717) is 40.8 Å². The lowest BCUT2D eigenvalue weighted by molar-refractivity contribution is 0.0982. The maximum absolute atomic E-state index is 13.1. The van der Waals surface area contributed by atoms with Gasteiger partial charge in [-0.1, -0.05) is 23.7 Å². The number of carbonyl (C=O) groups is 1. The van der Waals surface area contributed by atoms with E-state index in [4.69, 9.17) is 11.6 Å². The molecule has 2 aromatic carbocycles. The molecule has 0 saturated carbocycles. The van der Waals surface area contributed by atoms with Gasteiger partial charge in [-0.05, 0) is 43.3 Å². The van der Waals surface area contributed by atoms with Gasteiger partial charge in [-0.25, -0.2) is 4.98 Å². The Morgan fingerprint density at radius 1 is 1.15 bits per heavy atom. The summed E-state index contributed by atoms with van der Waals surface area (Å²) in [6.07, 6.45) is 1.57. The Balaban J connectivity index is 1.33. The Kier molecular flexibility index (Phi) is 5.78. The molecule has 170 valence electrons. The first-order valence-electron chi connectivity index (χ1n) is 11.0. The lowest BCUT2D eigenvalue weighted by Crippen LogP contribution is -2.49. The molecule has 2 aliphatic heterocycles. The Morgan fingerprint density at radius 3 is 2.70 bits per heavy atom. The molecule has 0 aliphatic carbocycles. The average Bonchev–Trinajstić information content (AvgIpc) is 2.82. The molecule has 2 aliphatic rings. The fourth-order valence-electron chi connectivity index (χ4n) is 4.27. The Labute approximate surface area is 198 Å². The van der Waals surface area contributed by atoms with Crippen LogP contribution in [0.4, 0.5) is 28.8 Å². The predicted molar refractivity (Wildman–Crippen MR) is 133 cm³/mol. The van der Waals surface area contributed by atoms with Crippen molar-refractivity contribution < 1.29 is 4.79 Å². The summed E-state index contributed by atoms with van der Waals surface area (Å²) in [5.41, 5.74) is 3.20. The molecular weight excluding hydrogens is 438 g/mol. The van der Waals surface area contributed by atoms with Gasteiger partial charge < -0.3 is 20.4 Å². The fourth-order valence-corrected chi connectivity index (χ4v) is 4.51. The number of fused-ring (bicyclic) bond motifs is 1. The second-order valence-electron chi connectivity index (χ2n) is 8.43. The van der Waals surface area contributed by atoms with Crippen molar-refractivity contribution in [2.75, 3.05) is 53.4 Å². The topological polar surface area (TPSA) is 76.6 Å². The van der Waals surface area contributed by atoms with E-state index in [-0.39, 0.29) is 5.91 Å². The standard InChI is InChI=1S/C24H26ClN7O/c1-16-14-31(12-11-26-16)18-9-7-17(8-10-18)28-24-27-13-19-22(29-24)30(2)15-32(23(19)33)21-6-4-3-5-20(21)25/h3-10,13,16,26H,11-12,14-15H2,1-2H3,(H,27,28,29). The Bertz CT molecular complexity index is 1170. The van der Waals surface area contributed by atoms with Crippen LogP contribution in [0.15, 0.2) is 54.7 Å². The molecule has 3 heterocycles. The molecule has 1 saturated heterocycles. The average molecular weight is 464 g/mol. The number of aromatic nitrogens is 2. The van der Waals surface area contributed by atoms with Crippen molar-refractivity contribution in [3.8, 4) is 0 Å². The number of nitrogens with one attached hydrogen (secondary N) is 2. The number of hydrogen-bond acceptors (Lipinski definition) is 7. The first-order chi connectivity index (χ1) is 16.0. The van der Waals surface area contributed by atoms with Crippen LogP contribution in [0.1, 0.15) is 17.3 Å². The van der Waals surface area contributed by atoms with Crippen LogP contribution in [0, 0.1) is 0 Å². The summed E-state index contributed by atoms with van der Waals surface area (Å²) >= 11 is 6.32. The summed E-state index contributed by atoms with van der Waals surface area (Å²) in [5, 5.41) is 7.25. The maximum Gasteiger partial charge on any atom is 0.265 e. The SMILES string of the molecule is CC1CN(c2ccc(Nc3ncc4c(n3)N(C)CN(c3ccccc3Cl)C4=O)cc2)CCN1. The summed E-state index contributed by atoms with van der Waals surface area (Å²) in [4.78, 5) is 28.1. The quantitative estimate of drug-likeness (QED) is 0.610. The van der Waals surface area contributed by atoms with E-state index in [1.165, 1.54) is 5.69 Å². The van der Waals surface area contributed by atoms with Gasteiger partial charge in [0.25, 0.3) is 5.91 Å². The molecule has 2 N–H and O–H groups in total. The lowest BCUT2D eigenvalue weighted by Gasteiger charge is -2.35. The number of para-hydroxylation sites is 1. The van der Waals surface area contributed by atoms with Gasteiger partial charge >= 0.3 is 0 Å². The van der Waals surface area contributed by atoms with Gasteiger partial charge in [-0.2, -0.15) is 4.98 Å². The minimum absolute atomic E-state index is 0.169. The van der Waals surface area contributed by atoms with Crippen molar-refractivity contribution in [2.45, 2.75) is 13.0 Å². The van der Waals surface area contributed by atoms with Crippen molar-refractivity contribution in [1.29, 1.82) is 0 Å². The zero-order chi connectivity index (χ0) is 22.9. The largest absolute Gasteiger partial charge is 0.369 e. The maximum atomic E-state index is 13.1. The van der Waals surface area contributed by atoms with Crippen LogP contribution in [-0.4, -0.2) is 55.3 Å². The predicted octanol–water partition coefficient (Wildman–Crippen LogP) is 3.73. The molecule has 33 heavy (non-hydrogen) atoms. The number of carbonyl (C=O) groups excluding carboxylic acids is 1. The van der Waals surface area contributed by atoms with Gasteiger partial charge in [0, 0.05) is 50.3 Å². The molecule has 1 unspecified atom stereocenters. The summed E-state index contributed by atoms with van der Waals surface area (Å²) in [5.74, 6) is 0.868. The molecule has 3 aromatic rings. The molecular formula is C24H26ClN7O. The van der Waals surface area contributed by atoms with E-state index in [2.05, 4.69) is 44.6 Å². The minimum atomic E-state index is -0.169. The molecule has 0 radical (unpaired) electrons. The normalized spacial score (nSPS) is 18.3. The summed E-state index contributed by atoms with van der Waals surface area (Å²) < 4.78 is 0. The van der Waals surface area contributed by atoms with Gasteiger partial charge in [-0.3, -0.25) is 9.69 Å². The lowest BCUT2D eigenvalue weighted by atomic mass is 10.2. The van der Waals surface area contributed by atoms with Gasteiger partial charge in [0.1, 0.15) is 11.4 Å². The van der Waals surface area contributed by atoms with Crippen molar-refractivity contribution in [3.05, 3.63) is 65.3 Å². The smallest absolute Gasteiger partial charge is 0.265 e. The van der Waals surface area contributed by atoms with E-state index in [9.17, 15) is 4.79 Å². The molecule has 0 bridgehead atoms. The van der Waals surface area contributed by atoms with Crippen LogP contribution in [0.2, 0.25) is 5.02 Å². The third-order valence-electron chi connectivity index (χ3n) is 5.96. The number of halogens is 1. The van der Waals surface area contributed by atoms with Crippen LogP contribution in [0.3, 0.4) is 0 Å². The number of nitrogens with zero attached hydrogens (tertiary/aromatic N) is 5.